The van der Waals surface area contributed by atoms with Crippen molar-refractivity contribution in [2.75, 3.05) is 42.3 Å². The Bertz CT molecular complexity index is 1490. The number of hydrogen-bond acceptors (Lipinski definition) is 6. The molecule has 5 rings (SSSR count). The number of nitrogens with one attached hydrogen (secondary N) is 3. The normalized spacial score (nSPS) is 16.1. The number of ether oxygens (including phenoxy) is 1. The second-order valence-electron chi connectivity index (χ2n) is 12.3. The number of benzene rings is 3. The van der Waals surface area contributed by atoms with Crippen LogP contribution in [0.2, 0.25) is 12.6 Å². The lowest BCUT2D eigenvalue weighted by Gasteiger charge is -2.32. The third-order valence-electron chi connectivity index (χ3n) is 8.84. The van der Waals surface area contributed by atoms with E-state index in [1.807, 2.05) is 33.9 Å². The lowest BCUT2D eigenvalue weighted by molar-refractivity contribution is 0.0904. The molecule has 2 saturated heterocycles. The average Bonchev–Trinajstić information content (AvgIpc) is 2.97. The first-order valence-corrected chi connectivity index (χ1v) is 15.0. The minimum atomic E-state index is -0.793. The van der Waals surface area contributed by atoms with Crippen molar-refractivity contribution in [2.24, 2.45) is 0 Å². The Balaban J connectivity index is 1.40. The minimum absolute atomic E-state index is 0.156. The molecule has 220 valence electrons. The molecule has 3 aromatic rings. The third kappa shape index (κ3) is 7.09. The van der Waals surface area contributed by atoms with Gasteiger partial charge in [-0.1, -0.05) is 24.3 Å². The largest absolute Gasteiger partial charge is 0.398 e. The maximum atomic E-state index is 14.0. The lowest BCUT2D eigenvalue weighted by Crippen LogP contribution is -2.37. The van der Waals surface area contributed by atoms with Gasteiger partial charge in [0.2, 0.25) is 0 Å². The monoisotopic (exact) mass is 581 g/mol. The number of amides is 1. The molecular formula is C30H37B4F2N5O2. The van der Waals surface area contributed by atoms with Crippen LogP contribution >= 0.6 is 0 Å². The molecule has 7 nitrogen and oxygen atoms in total. The summed E-state index contributed by atoms with van der Waals surface area (Å²) in [6.07, 6.45) is 3.95. The highest BCUT2D eigenvalue weighted by molar-refractivity contribution is 7.03. The number of amidine groups is 1. The molecule has 0 aromatic heterocycles. The SMILES string of the molecule is BB1CCN(c2ccc(C(=O)NC(=N)c3cc(C(B)(B)c4cc(F)cc(F)c4)ccc3N)c(NC3CCOCC3)c2)CC1. The highest BCUT2D eigenvalue weighted by atomic mass is 19.1. The lowest BCUT2D eigenvalue weighted by atomic mass is 9.28. The molecule has 5 N–H and O–H groups in total. The number of hydrogen-bond donors (Lipinski definition) is 4. The van der Waals surface area contributed by atoms with Gasteiger partial charge in [0.15, 0.2) is 0 Å². The molecule has 0 atom stereocenters. The molecule has 43 heavy (non-hydrogen) atoms. The van der Waals surface area contributed by atoms with Crippen molar-refractivity contribution in [1.29, 1.82) is 5.41 Å². The molecule has 0 unspecified atom stereocenters. The van der Waals surface area contributed by atoms with E-state index in [0.29, 0.717) is 47.8 Å². The van der Waals surface area contributed by atoms with Crippen LogP contribution in [0.25, 0.3) is 0 Å². The van der Waals surface area contributed by atoms with Crippen LogP contribution in [0.1, 0.15) is 39.9 Å². The van der Waals surface area contributed by atoms with E-state index in [2.05, 4.69) is 23.3 Å². The van der Waals surface area contributed by atoms with Crippen LogP contribution in [0.4, 0.5) is 25.8 Å². The molecule has 0 bridgehead atoms. The van der Waals surface area contributed by atoms with E-state index in [1.54, 1.807) is 18.2 Å². The summed E-state index contributed by atoms with van der Waals surface area (Å²) < 4.78 is 33.6. The van der Waals surface area contributed by atoms with Gasteiger partial charge in [-0.2, -0.15) is 0 Å². The number of rotatable bonds is 7. The van der Waals surface area contributed by atoms with E-state index in [4.69, 9.17) is 15.9 Å². The fourth-order valence-corrected chi connectivity index (χ4v) is 5.87. The fourth-order valence-electron chi connectivity index (χ4n) is 5.87. The Morgan fingerprint density at radius 2 is 1.65 bits per heavy atom. The van der Waals surface area contributed by atoms with E-state index in [9.17, 15) is 13.6 Å². The van der Waals surface area contributed by atoms with Crippen molar-refractivity contribution in [3.63, 3.8) is 0 Å². The van der Waals surface area contributed by atoms with Crippen molar-refractivity contribution in [3.05, 3.63) is 88.5 Å². The Hall–Kier alpha value is -3.72. The summed E-state index contributed by atoms with van der Waals surface area (Å²) in [5.74, 6) is -1.90. The van der Waals surface area contributed by atoms with Crippen LogP contribution in [0.3, 0.4) is 0 Å². The van der Waals surface area contributed by atoms with Crippen molar-refractivity contribution in [2.45, 2.75) is 36.7 Å². The first-order valence-electron chi connectivity index (χ1n) is 15.0. The Morgan fingerprint density at radius 3 is 2.33 bits per heavy atom. The van der Waals surface area contributed by atoms with Crippen LogP contribution in [0.5, 0.6) is 0 Å². The van der Waals surface area contributed by atoms with Gasteiger partial charge in [0.25, 0.3) is 5.91 Å². The van der Waals surface area contributed by atoms with Crippen LogP contribution in [-0.2, 0) is 9.95 Å². The van der Waals surface area contributed by atoms with Crippen LogP contribution in [0, 0.1) is 17.0 Å². The molecule has 13 heteroatoms. The Labute approximate surface area is 255 Å². The highest BCUT2D eigenvalue weighted by Crippen LogP contribution is 2.31. The number of nitrogens with zero attached hydrogens (tertiary/aromatic N) is 1. The topological polar surface area (TPSA) is 103 Å². The van der Waals surface area contributed by atoms with E-state index in [0.717, 1.165) is 56.0 Å². The molecule has 0 spiro atoms. The number of anilines is 3. The summed E-state index contributed by atoms with van der Waals surface area (Å²) in [6, 6.07) is 14.6. The van der Waals surface area contributed by atoms with E-state index < -0.39 is 22.8 Å². The molecule has 2 fully saturated rings. The molecule has 2 aliphatic heterocycles. The predicted octanol–water partition coefficient (Wildman–Crippen LogP) is 1.81. The Morgan fingerprint density at radius 1 is 0.977 bits per heavy atom. The van der Waals surface area contributed by atoms with E-state index >= 15 is 0 Å². The summed E-state index contributed by atoms with van der Waals surface area (Å²) in [4.78, 5) is 16.0. The number of carbonyl (C=O) groups excluding carboxylic acids is 1. The summed E-state index contributed by atoms with van der Waals surface area (Å²) in [6.45, 7) is 3.99. The van der Waals surface area contributed by atoms with Gasteiger partial charge in [0, 0.05) is 61.0 Å². The van der Waals surface area contributed by atoms with Crippen molar-refractivity contribution in [3.8, 4) is 0 Å². The van der Waals surface area contributed by atoms with Crippen LogP contribution < -0.4 is 21.3 Å². The maximum absolute atomic E-state index is 14.0. The van der Waals surface area contributed by atoms with Gasteiger partial charge in [-0.15, -0.1) is 0 Å². The first-order chi connectivity index (χ1) is 20.5. The standard InChI is InChI=1S/C30H37B4F2N5O2/c31-30(32,19-13-20(35)16-21(36)14-19)18-1-4-26(37)25(15-18)28(38)40-29(42)24-3-2-23(41-9-7-34(33)8-10-41)17-27(24)39-22-5-11-43-12-6-22/h1-4,13-17,22,39H,5-12,31-33,37H2,(H2,38,40,42). The van der Waals surface area contributed by atoms with Crippen molar-refractivity contribution in [1.82, 2.24) is 5.32 Å². The zero-order valence-electron chi connectivity index (χ0n) is 25.1. The second kappa shape index (κ2) is 12.9. The fraction of sp³-hybridized carbons (Fsp3) is 0.333. The zero-order valence-corrected chi connectivity index (χ0v) is 25.1. The van der Waals surface area contributed by atoms with E-state index in [-0.39, 0.29) is 11.9 Å². The van der Waals surface area contributed by atoms with E-state index in [1.165, 1.54) is 12.1 Å². The van der Waals surface area contributed by atoms with Crippen molar-refractivity contribution >= 4 is 58.8 Å². The van der Waals surface area contributed by atoms with Gasteiger partial charge in [0.1, 0.15) is 39.8 Å². The number of nitrogens with two attached hydrogens (primary N) is 1. The number of carbonyl (C=O) groups is 1. The van der Waals surface area contributed by atoms with Crippen LogP contribution in [0.15, 0.2) is 54.6 Å². The van der Waals surface area contributed by atoms with Crippen molar-refractivity contribution < 1.29 is 18.3 Å². The molecule has 3 aromatic carbocycles. The molecular weight excluding hydrogens is 544 g/mol. The molecule has 2 aliphatic rings. The molecule has 0 aliphatic carbocycles. The predicted molar refractivity (Wildman–Crippen MR) is 179 cm³/mol. The smallest absolute Gasteiger partial charge is 0.258 e. The first kappa shape index (κ1) is 30.7. The zero-order chi connectivity index (χ0) is 30.7. The maximum Gasteiger partial charge on any atom is 0.258 e. The summed E-state index contributed by atoms with van der Waals surface area (Å²) in [7, 11) is 5.97. The van der Waals surface area contributed by atoms with Gasteiger partial charge in [-0.25, -0.2) is 8.78 Å². The van der Waals surface area contributed by atoms with Gasteiger partial charge >= 0.3 is 0 Å². The molecule has 0 saturated carbocycles. The summed E-state index contributed by atoms with van der Waals surface area (Å²) in [5, 5.41) is 14.3. The van der Waals surface area contributed by atoms with Gasteiger partial charge in [-0.05, 0) is 66.1 Å². The second-order valence-corrected chi connectivity index (χ2v) is 12.3. The number of halogens is 2. The minimum Gasteiger partial charge on any atom is -0.398 e. The highest BCUT2D eigenvalue weighted by Gasteiger charge is 2.27. The molecule has 1 amide bonds. The molecule has 2 heterocycles. The summed E-state index contributed by atoms with van der Waals surface area (Å²) in [5.41, 5.74) is 10.3. The third-order valence-corrected chi connectivity index (χ3v) is 8.84. The number of nitrogen functional groups attached to an aromatic ring is 1. The summed E-state index contributed by atoms with van der Waals surface area (Å²) >= 11 is 0. The van der Waals surface area contributed by atoms with Gasteiger partial charge in [-0.3, -0.25) is 10.2 Å². The van der Waals surface area contributed by atoms with Crippen LogP contribution in [-0.4, -0.2) is 74.1 Å². The van der Waals surface area contributed by atoms with Gasteiger partial charge < -0.3 is 26.0 Å². The Kier molecular flexibility index (Phi) is 9.20. The quantitative estimate of drug-likeness (QED) is 0.148. The molecule has 0 radical (unpaired) electrons. The van der Waals surface area contributed by atoms with Gasteiger partial charge in [0.05, 0.1) is 13.3 Å². The average molecular weight is 581 g/mol.